The average Bonchev–Trinajstić information content (AvgIpc) is 3.32. The molecule has 0 saturated carbocycles. The predicted molar refractivity (Wildman–Crippen MR) is 288 cm³/mol. The normalized spacial score (nSPS) is 12.8. The molecule has 0 fully saturated rings. The first-order chi connectivity index (χ1) is 32.6. The average molecular weight is 920 g/mol. The molecule has 66 heavy (non-hydrogen) atoms. The van der Waals surface area contributed by atoms with Crippen molar-refractivity contribution in [1.82, 2.24) is 0 Å². The van der Waals surface area contributed by atoms with Gasteiger partial charge in [0.2, 0.25) is 0 Å². The molecule has 0 amide bonds. The third-order valence-corrected chi connectivity index (χ3v) is 11.9. The lowest BCUT2D eigenvalue weighted by Crippen LogP contribution is -2.30. The van der Waals surface area contributed by atoms with Crippen molar-refractivity contribution in [2.24, 2.45) is 0 Å². The van der Waals surface area contributed by atoms with Crippen molar-refractivity contribution in [2.75, 3.05) is 19.8 Å². The van der Waals surface area contributed by atoms with Gasteiger partial charge < -0.3 is 14.2 Å². The van der Waals surface area contributed by atoms with Gasteiger partial charge in [-0.3, -0.25) is 9.59 Å². The molecule has 0 saturated heterocycles. The maximum atomic E-state index is 12.8. The number of rotatable bonds is 51. The standard InChI is InChI=1S/C61H106O5/c1-4-7-10-13-16-19-22-25-28-30-31-33-34-36-39-42-45-48-51-54-60(62)65-58-59(57-64-56-53-50-47-44-41-38-27-24-21-18-15-12-9-6-3)66-61(63)55-52-49-46-43-40-37-35-32-29-26-23-20-17-14-11-8-5-2/h9,12,16,18-19,21,25-29,31,33,38,59H,4-8,10-11,13-15,17,20,22-24,30,32,34-37,39-58H2,1-3H3/b12-9-,19-16-,21-18-,28-25-,29-26-,33-31-,38-27-. The number of unbranched alkanes of at least 4 members (excludes halogenated alkanes) is 26. The van der Waals surface area contributed by atoms with Crippen molar-refractivity contribution in [3.05, 3.63) is 85.1 Å². The monoisotopic (exact) mass is 919 g/mol. The van der Waals surface area contributed by atoms with Gasteiger partial charge in [0.15, 0.2) is 6.10 Å². The maximum Gasteiger partial charge on any atom is 0.306 e. The van der Waals surface area contributed by atoms with E-state index in [1.54, 1.807) is 0 Å². The molecule has 1 atom stereocenters. The molecule has 0 N–H and O–H groups in total. The van der Waals surface area contributed by atoms with E-state index < -0.39 is 6.10 Å². The Balaban J connectivity index is 4.32. The van der Waals surface area contributed by atoms with Gasteiger partial charge in [-0.05, 0) is 116 Å². The van der Waals surface area contributed by atoms with Crippen LogP contribution in [0.2, 0.25) is 0 Å². The second-order valence-corrected chi connectivity index (χ2v) is 18.4. The molecule has 0 aromatic rings. The zero-order valence-electron chi connectivity index (χ0n) is 43.7. The van der Waals surface area contributed by atoms with Crippen LogP contribution in [0, 0.1) is 0 Å². The summed E-state index contributed by atoms with van der Waals surface area (Å²) in [4.78, 5) is 25.5. The van der Waals surface area contributed by atoms with E-state index in [0.29, 0.717) is 19.4 Å². The number of ether oxygens (including phenoxy) is 3. The van der Waals surface area contributed by atoms with Crippen LogP contribution >= 0.6 is 0 Å². The van der Waals surface area contributed by atoms with Gasteiger partial charge in [-0.25, -0.2) is 0 Å². The molecule has 0 aliphatic heterocycles. The van der Waals surface area contributed by atoms with E-state index in [2.05, 4.69) is 106 Å². The highest BCUT2D eigenvalue weighted by Gasteiger charge is 2.17. The highest BCUT2D eigenvalue weighted by Crippen LogP contribution is 2.14. The maximum absolute atomic E-state index is 12.8. The highest BCUT2D eigenvalue weighted by molar-refractivity contribution is 5.70. The van der Waals surface area contributed by atoms with Gasteiger partial charge >= 0.3 is 11.9 Å². The summed E-state index contributed by atoms with van der Waals surface area (Å²) >= 11 is 0. The van der Waals surface area contributed by atoms with Crippen LogP contribution in [0.4, 0.5) is 0 Å². The lowest BCUT2D eigenvalue weighted by Gasteiger charge is -2.18. The van der Waals surface area contributed by atoms with Crippen LogP contribution in [0.25, 0.3) is 0 Å². The van der Waals surface area contributed by atoms with E-state index in [1.165, 1.54) is 135 Å². The smallest absolute Gasteiger partial charge is 0.306 e. The fourth-order valence-corrected chi connectivity index (χ4v) is 7.70. The van der Waals surface area contributed by atoms with Crippen molar-refractivity contribution in [2.45, 2.75) is 271 Å². The minimum absolute atomic E-state index is 0.0647. The van der Waals surface area contributed by atoms with Crippen molar-refractivity contribution in [1.29, 1.82) is 0 Å². The quantitative estimate of drug-likeness (QED) is 0.0346. The third-order valence-electron chi connectivity index (χ3n) is 11.9. The second-order valence-electron chi connectivity index (χ2n) is 18.4. The van der Waals surface area contributed by atoms with Crippen LogP contribution in [0.1, 0.15) is 265 Å². The summed E-state index contributed by atoms with van der Waals surface area (Å²) in [6, 6.07) is 0. The fraction of sp³-hybridized carbons (Fsp3) is 0.738. The van der Waals surface area contributed by atoms with Gasteiger partial charge in [-0.15, -0.1) is 0 Å². The largest absolute Gasteiger partial charge is 0.462 e. The minimum Gasteiger partial charge on any atom is -0.462 e. The molecule has 0 aromatic carbocycles. The Labute approximate surface area is 409 Å². The fourth-order valence-electron chi connectivity index (χ4n) is 7.70. The summed E-state index contributed by atoms with van der Waals surface area (Å²) in [7, 11) is 0. The van der Waals surface area contributed by atoms with Crippen LogP contribution in [-0.4, -0.2) is 37.9 Å². The lowest BCUT2D eigenvalue weighted by molar-refractivity contribution is -0.163. The Morgan fingerprint density at radius 3 is 1.14 bits per heavy atom. The Morgan fingerprint density at radius 1 is 0.348 bits per heavy atom. The van der Waals surface area contributed by atoms with Gasteiger partial charge in [0.1, 0.15) is 6.61 Å². The number of esters is 2. The molecular formula is C61H106O5. The molecule has 0 aromatic heterocycles. The number of allylic oxidation sites excluding steroid dienone is 14. The van der Waals surface area contributed by atoms with E-state index in [0.717, 1.165) is 96.3 Å². The summed E-state index contributed by atoms with van der Waals surface area (Å²) in [5, 5.41) is 0. The second kappa shape index (κ2) is 56.4. The van der Waals surface area contributed by atoms with Gasteiger partial charge in [-0.1, -0.05) is 221 Å². The van der Waals surface area contributed by atoms with Crippen LogP contribution in [0.15, 0.2) is 85.1 Å². The van der Waals surface area contributed by atoms with Crippen LogP contribution in [0.3, 0.4) is 0 Å². The molecule has 0 bridgehead atoms. The Kier molecular flexibility index (Phi) is 53.9. The molecule has 0 heterocycles. The molecule has 0 radical (unpaired) electrons. The summed E-state index contributed by atoms with van der Waals surface area (Å²) in [5.41, 5.74) is 0. The summed E-state index contributed by atoms with van der Waals surface area (Å²) < 4.78 is 17.4. The van der Waals surface area contributed by atoms with E-state index in [-0.39, 0.29) is 25.2 Å². The summed E-state index contributed by atoms with van der Waals surface area (Å²) in [5.74, 6) is -0.426. The van der Waals surface area contributed by atoms with Crippen LogP contribution < -0.4 is 0 Å². The summed E-state index contributed by atoms with van der Waals surface area (Å²) in [6.07, 6.45) is 74.5. The SMILES string of the molecule is CC/C=C\C/C=C\C/C=C\CCCCCCOCC(COC(=O)CCCCCCCC/C=C\C/C=C\C/C=C\CCCCC)OC(=O)CCCCCCCCC/C=C\CCCCCCCC. The first-order valence-corrected chi connectivity index (χ1v) is 28.1. The van der Waals surface area contributed by atoms with E-state index in [1.807, 2.05) is 0 Å². The highest BCUT2D eigenvalue weighted by atomic mass is 16.6. The van der Waals surface area contributed by atoms with Crippen molar-refractivity contribution < 1.29 is 23.8 Å². The van der Waals surface area contributed by atoms with Crippen molar-refractivity contribution >= 4 is 11.9 Å². The Bertz CT molecular complexity index is 1220. The van der Waals surface area contributed by atoms with Crippen LogP contribution in [-0.2, 0) is 23.8 Å². The van der Waals surface area contributed by atoms with Crippen molar-refractivity contribution in [3.63, 3.8) is 0 Å². The zero-order chi connectivity index (χ0) is 47.7. The molecule has 0 aliphatic carbocycles. The zero-order valence-corrected chi connectivity index (χ0v) is 43.7. The van der Waals surface area contributed by atoms with Crippen molar-refractivity contribution in [3.8, 4) is 0 Å². The number of carbonyl (C=O) groups excluding carboxylic acids is 2. The molecule has 0 rings (SSSR count). The van der Waals surface area contributed by atoms with E-state index in [9.17, 15) is 9.59 Å². The Hall–Kier alpha value is -2.92. The van der Waals surface area contributed by atoms with Gasteiger partial charge in [0.05, 0.1) is 6.61 Å². The molecule has 1 unspecified atom stereocenters. The minimum atomic E-state index is -0.560. The molecule has 0 aliphatic rings. The first-order valence-electron chi connectivity index (χ1n) is 28.1. The number of hydrogen-bond acceptors (Lipinski definition) is 5. The third kappa shape index (κ3) is 53.7. The summed E-state index contributed by atoms with van der Waals surface area (Å²) in [6.45, 7) is 7.63. The number of carbonyl (C=O) groups is 2. The van der Waals surface area contributed by atoms with Gasteiger partial charge in [0, 0.05) is 19.4 Å². The molecule has 5 nitrogen and oxygen atoms in total. The molecule has 5 heteroatoms. The van der Waals surface area contributed by atoms with E-state index >= 15 is 0 Å². The van der Waals surface area contributed by atoms with E-state index in [4.69, 9.17) is 14.2 Å². The van der Waals surface area contributed by atoms with Gasteiger partial charge in [0.25, 0.3) is 0 Å². The Morgan fingerprint density at radius 2 is 0.682 bits per heavy atom. The number of hydrogen-bond donors (Lipinski definition) is 0. The topological polar surface area (TPSA) is 61.8 Å². The first kappa shape index (κ1) is 63.1. The van der Waals surface area contributed by atoms with Gasteiger partial charge in [-0.2, -0.15) is 0 Å². The molecular weight excluding hydrogens is 813 g/mol. The van der Waals surface area contributed by atoms with Crippen LogP contribution in [0.5, 0.6) is 0 Å². The predicted octanol–water partition coefficient (Wildman–Crippen LogP) is 19.2. The molecule has 0 spiro atoms. The lowest BCUT2D eigenvalue weighted by atomic mass is 10.1. The molecule has 380 valence electrons.